The number of ether oxygens (including phenoxy) is 1. The number of fused-ring (bicyclic) bond motifs is 3. The van der Waals surface area contributed by atoms with Crippen LogP contribution in [0.25, 0.3) is 15.9 Å². The third-order valence-electron chi connectivity index (χ3n) is 5.42. The Balaban J connectivity index is 1.65. The van der Waals surface area contributed by atoms with E-state index in [9.17, 15) is 4.79 Å². The molecule has 2 aromatic heterocycles. The highest BCUT2D eigenvalue weighted by Crippen LogP contribution is 2.36. The normalized spacial score (nSPS) is 19.1. The van der Waals surface area contributed by atoms with E-state index in [0.717, 1.165) is 65.5 Å². The number of nitrogens with zero attached hydrogens (tertiary/aromatic N) is 2. The Labute approximate surface area is 166 Å². The van der Waals surface area contributed by atoms with Crippen molar-refractivity contribution < 1.29 is 4.74 Å². The van der Waals surface area contributed by atoms with Crippen LogP contribution in [0.4, 0.5) is 0 Å². The summed E-state index contributed by atoms with van der Waals surface area (Å²) in [5.41, 5.74) is 3.40. The molecule has 1 atom stereocenters. The van der Waals surface area contributed by atoms with Crippen LogP contribution in [0.5, 0.6) is 0 Å². The first-order valence-corrected chi connectivity index (χ1v) is 11.4. The Hall–Kier alpha value is -1.63. The Kier molecular flexibility index (Phi) is 4.58. The second kappa shape index (κ2) is 7.08. The molecule has 1 aromatic carbocycles. The van der Waals surface area contributed by atoms with Crippen LogP contribution in [0.3, 0.4) is 0 Å². The molecule has 0 radical (unpaired) electrons. The van der Waals surface area contributed by atoms with Gasteiger partial charge >= 0.3 is 0 Å². The van der Waals surface area contributed by atoms with Gasteiger partial charge < -0.3 is 4.74 Å². The number of rotatable bonds is 4. The van der Waals surface area contributed by atoms with E-state index in [-0.39, 0.29) is 11.7 Å². The zero-order chi connectivity index (χ0) is 18.4. The minimum absolute atomic E-state index is 0.0816. The summed E-state index contributed by atoms with van der Waals surface area (Å²) in [5, 5.41) is 1.63. The number of benzene rings is 1. The topological polar surface area (TPSA) is 44.1 Å². The van der Waals surface area contributed by atoms with E-state index < -0.39 is 0 Å². The van der Waals surface area contributed by atoms with Gasteiger partial charge in [-0.2, -0.15) is 0 Å². The Morgan fingerprint density at radius 1 is 1.26 bits per heavy atom. The highest BCUT2D eigenvalue weighted by Gasteiger charge is 2.24. The Morgan fingerprint density at radius 3 is 2.89 bits per heavy atom. The van der Waals surface area contributed by atoms with Crippen molar-refractivity contribution >= 4 is 33.3 Å². The van der Waals surface area contributed by atoms with Gasteiger partial charge in [0.25, 0.3) is 5.56 Å². The van der Waals surface area contributed by atoms with Crippen LogP contribution in [-0.4, -0.2) is 28.0 Å². The van der Waals surface area contributed by atoms with Gasteiger partial charge in [0.1, 0.15) is 4.83 Å². The summed E-state index contributed by atoms with van der Waals surface area (Å²) in [4.78, 5) is 20.7. The van der Waals surface area contributed by atoms with Crippen molar-refractivity contribution in [2.75, 3.05) is 12.4 Å². The van der Waals surface area contributed by atoms with Gasteiger partial charge in [-0.3, -0.25) is 9.36 Å². The number of aryl methyl sites for hydroxylation is 3. The predicted molar refractivity (Wildman–Crippen MR) is 112 cm³/mol. The molecule has 0 amide bonds. The van der Waals surface area contributed by atoms with Crippen LogP contribution in [0.15, 0.2) is 34.2 Å². The minimum atomic E-state index is 0.0816. The maximum absolute atomic E-state index is 13.5. The van der Waals surface area contributed by atoms with Crippen LogP contribution in [0.1, 0.15) is 35.3 Å². The molecule has 0 unspecified atom stereocenters. The fraction of sp³-hybridized carbons (Fsp3) is 0.429. The number of thioether (sulfide) groups is 1. The average Bonchev–Trinajstić information content (AvgIpc) is 3.38. The number of hydrogen-bond acceptors (Lipinski definition) is 5. The summed E-state index contributed by atoms with van der Waals surface area (Å²) in [6.45, 7) is 2.91. The molecule has 0 N–H and O–H groups in total. The Bertz CT molecular complexity index is 1050. The van der Waals surface area contributed by atoms with Gasteiger partial charge in [0.15, 0.2) is 5.16 Å². The van der Waals surface area contributed by atoms with Gasteiger partial charge in [0.05, 0.1) is 17.2 Å². The van der Waals surface area contributed by atoms with Crippen LogP contribution in [0, 0.1) is 6.92 Å². The fourth-order valence-corrected chi connectivity index (χ4v) is 6.37. The van der Waals surface area contributed by atoms with Crippen molar-refractivity contribution in [1.29, 1.82) is 0 Å². The minimum Gasteiger partial charge on any atom is -0.377 e. The van der Waals surface area contributed by atoms with Crippen LogP contribution in [-0.2, 0) is 17.6 Å². The molecule has 1 aliphatic carbocycles. The Morgan fingerprint density at radius 2 is 2.11 bits per heavy atom. The summed E-state index contributed by atoms with van der Waals surface area (Å²) in [5.74, 6) is 0.842. The number of aromatic nitrogens is 2. The third-order valence-corrected chi connectivity index (χ3v) is 7.68. The highest BCUT2D eigenvalue weighted by atomic mass is 32.2. The van der Waals surface area contributed by atoms with E-state index in [1.54, 1.807) is 23.1 Å². The zero-order valence-electron chi connectivity index (χ0n) is 15.4. The standard InChI is InChI=1S/C21H22N2O2S2/c1-13-7-9-14(10-8-13)23-20(24)18-16-5-2-6-17(16)27-19(18)22-21(23)26-12-15-4-3-11-25-15/h7-10,15H,2-6,11-12H2,1H3/t15-/m1/s1. The largest absolute Gasteiger partial charge is 0.377 e. The van der Waals surface area contributed by atoms with Crippen molar-refractivity contribution in [1.82, 2.24) is 9.55 Å². The number of hydrogen-bond donors (Lipinski definition) is 0. The van der Waals surface area contributed by atoms with E-state index >= 15 is 0 Å². The highest BCUT2D eigenvalue weighted by molar-refractivity contribution is 7.99. The molecule has 3 heterocycles. The monoisotopic (exact) mass is 398 g/mol. The molecule has 1 fully saturated rings. The van der Waals surface area contributed by atoms with Gasteiger partial charge in [-0.1, -0.05) is 29.5 Å². The third kappa shape index (κ3) is 3.13. The molecule has 0 saturated carbocycles. The first-order chi connectivity index (χ1) is 13.2. The van der Waals surface area contributed by atoms with Crippen LogP contribution in [0.2, 0.25) is 0 Å². The van der Waals surface area contributed by atoms with Crippen LogP contribution >= 0.6 is 23.1 Å². The van der Waals surface area contributed by atoms with Gasteiger partial charge in [-0.25, -0.2) is 4.98 Å². The SMILES string of the molecule is Cc1ccc(-n2c(SC[C@H]3CCCO3)nc3sc4c(c3c2=O)CCC4)cc1. The summed E-state index contributed by atoms with van der Waals surface area (Å²) in [6, 6.07) is 8.15. The quantitative estimate of drug-likeness (QED) is 0.479. The molecule has 1 aliphatic heterocycles. The second-order valence-electron chi connectivity index (χ2n) is 7.35. The van der Waals surface area contributed by atoms with Gasteiger partial charge in [0.2, 0.25) is 0 Å². The van der Waals surface area contributed by atoms with Gasteiger partial charge in [-0.15, -0.1) is 11.3 Å². The van der Waals surface area contributed by atoms with Crippen molar-refractivity contribution in [3.63, 3.8) is 0 Å². The molecule has 2 aliphatic rings. The fourth-order valence-electron chi connectivity index (χ4n) is 3.99. The lowest BCUT2D eigenvalue weighted by Crippen LogP contribution is -2.22. The maximum atomic E-state index is 13.5. The van der Waals surface area contributed by atoms with E-state index in [1.807, 2.05) is 16.7 Å². The molecule has 0 bridgehead atoms. The number of thiophene rings is 1. The van der Waals surface area contributed by atoms with Crippen LogP contribution < -0.4 is 5.56 Å². The van der Waals surface area contributed by atoms with E-state index in [0.29, 0.717) is 0 Å². The summed E-state index contributed by atoms with van der Waals surface area (Å²) in [6.07, 6.45) is 5.72. The lowest BCUT2D eigenvalue weighted by molar-refractivity contribution is 0.129. The second-order valence-corrected chi connectivity index (χ2v) is 9.42. The molecule has 0 spiro atoms. The molecule has 5 rings (SSSR count). The van der Waals surface area contributed by atoms with Gasteiger partial charge in [-0.05, 0) is 56.7 Å². The maximum Gasteiger partial charge on any atom is 0.267 e. The van der Waals surface area contributed by atoms with Crippen molar-refractivity contribution in [2.24, 2.45) is 0 Å². The summed E-state index contributed by atoms with van der Waals surface area (Å²) < 4.78 is 7.58. The zero-order valence-corrected chi connectivity index (χ0v) is 17.0. The summed E-state index contributed by atoms with van der Waals surface area (Å²) >= 11 is 3.36. The predicted octanol–water partition coefficient (Wildman–Crippen LogP) is 4.52. The first-order valence-electron chi connectivity index (χ1n) is 9.59. The molecule has 6 heteroatoms. The molecule has 27 heavy (non-hydrogen) atoms. The van der Waals surface area contributed by atoms with E-state index in [1.165, 1.54) is 16.0 Å². The first kappa shape index (κ1) is 17.5. The average molecular weight is 399 g/mol. The van der Waals surface area contributed by atoms with E-state index in [4.69, 9.17) is 9.72 Å². The molecule has 1 saturated heterocycles. The molecule has 4 nitrogen and oxygen atoms in total. The molecule has 3 aromatic rings. The molecular formula is C21H22N2O2S2. The van der Waals surface area contributed by atoms with Crippen molar-refractivity contribution in [2.45, 2.75) is 50.3 Å². The molecular weight excluding hydrogens is 376 g/mol. The lowest BCUT2D eigenvalue weighted by atomic mass is 10.2. The lowest BCUT2D eigenvalue weighted by Gasteiger charge is -2.14. The molecule has 140 valence electrons. The smallest absolute Gasteiger partial charge is 0.267 e. The van der Waals surface area contributed by atoms with Crippen molar-refractivity contribution in [3.05, 3.63) is 50.6 Å². The summed E-state index contributed by atoms with van der Waals surface area (Å²) in [7, 11) is 0. The van der Waals surface area contributed by atoms with E-state index in [2.05, 4.69) is 19.1 Å². The van der Waals surface area contributed by atoms with Crippen molar-refractivity contribution in [3.8, 4) is 5.69 Å². The van der Waals surface area contributed by atoms with Gasteiger partial charge in [0, 0.05) is 17.2 Å².